The van der Waals surface area contributed by atoms with E-state index in [4.69, 9.17) is 4.74 Å². The Hall–Kier alpha value is -2.33. The number of aryl methyl sites for hydroxylation is 2. The van der Waals surface area contributed by atoms with Crippen molar-refractivity contribution in [2.75, 3.05) is 6.61 Å². The van der Waals surface area contributed by atoms with E-state index in [1.807, 2.05) is 36.4 Å². The zero-order valence-electron chi connectivity index (χ0n) is 14.5. The Bertz CT molecular complexity index is 837. The molecule has 3 rings (SSSR count). The van der Waals surface area contributed by atoms with Crippen molar-refractivity contribution in [2.45, 2.75) is 39.8 Å². The Kier molecular flexibility index (Phi) is 4.86. The molecule has 1 atom stereocenters. The lowest BCUT2D eigenvalue weighted by Crippen LogP contribution is -2.10. The smallest absolute Gasteiger partial charge is 0.138 e. The van der Waals surface area contributed by atoms with E-state index in [9.17, 15) is 5.11 Å². The highest BCUT2D eigenvalue weighted by Crippen LogP contribution is 2.22. The first-order valence-electron chi connectivity index (χ1n) is 8.40. The van der Waals surface area contributed by atoms with Crippen LogP contribution in [0.1, 0.15) is 36.4 Å². The van der Waals surface area contributed by atoms with Gasteiger partial charge in [-0.3, -0.25) is 0 Å². The highest BCUT2D eigenvalue weighted by molar-refractivity contribution is 5.75. The second-order valence-electron chi connectivity index (χ2n) is 6.19. The average Bonchev–Trinajstić information content (AvgIpc) is 2.94. The summed E-state index contributed by atoms with van der Waals surface area (Å²) >= 11 is 0. The standard InChI is InChI=1S/C20H24N2O2/c1-14-8-6-11-19(15(14)2)24-13-7-12-22-18-10-5-4-9-17(18)21-20(22)16(3)23/h4-6,8-11,16,23H,7,12-13H2,1-3H3. The van der Waals surface area contributed by atoms with Crippen molar-refractivity contribution in [2.24, 2.45) is 0 Å². The number of ether oxygens (including phenoxy) is 1. The Balaban J connectivity index is 1.69. The molecule has 0 bridgehead atoms. The van der Waals surface area contributed by atoms with Gasteiger partial charge in [0.15, 0.2) is 0 Å². The van der Waals surface area contributed by atoms with Gasteiger partial charge in [0.2, 0.25) is 0 Å². The molecule has 0 fully saturated rings. The predicted molar refractivity (Wildman–Crippen MR) is 96.4 cm³/mol. The summed E-state index contributed by atoms with van der Waals surface area (Å²) in [7, 11) is 0. The minimum absolute atomic E-state index is 0.586. The molecule has 24 heavy (non-hydrogen) atoms. The number of benzene rings is 2. The van der Waals surface area contributed by atoms with Crippen molar-refractivity contribution in [1.82, 2.24) is 9.55 Å². The summed E-state index contributed by atoms with van der Waals surface area (Å²) in [5.41, 5.74) is 4.41. The van der Waals surface area contributed by atoms with E-state index < -0.39 is 6.10 Å². The summed E-state index contributed by atoms with van der Waals surface area (Å²) < 4.78 is 8.02. The summed E-state index contributed by atoms with van der Waals surface area (Å²) in [6, 6.07) is 14.1. The number of aromatic nitrogens is 2. The van der Waals surface area contributed by atoms with Gasteiger partial charge >= 0.3 is 0 Å². The highest BCUT2D eigenvalue weighted by atomic mass is 16.5. The summed E-state index contributed by atoms with van der Waals surface area (Å²) in [6.45, 7) is 7.33. The Labute approximate surface area is 142 Å². The molecule has 1 heterocycles. The predicted octanol–water partition coefficient (Wildman–Crippen LogP) is 4.18. The number of nitrogens with zero attached hydrogens (tertiary/aromatic N) is 2. The van der Waals surface area contributed by atoms with Gasteiger partial charge in [-0.2, -0.15) is 0 Å². The van der Waals surface area contributed by atoms with Gasteiger partial charge < -0.3 is 14.4 Å². The molecule has 4 heteroatoms. The quantitative estimate of drug-likeness (QED) is 0.692. The maximum Gasteiger partial charge on any atom is 0.138 e. The molecule has 3 aromatic rings. The van der Waals surface area contributed by atoms with Crippen LogP contribution in [0.25, 0.3) is 11.0 Å². The first kappa shape index (κ1) is 16.5. The molecule has 1 unspecified atom stereocenters. The summed E-state index contributed by atoms with van der Waals surface area (Å²) in [6.07, 6.45) is 0.269. The number of aliphatic hydroxyl groups excluding tert-OH is 1. The third-order valence-corrected chi connectivity index (χ3v) is 4.40. The number of hydrogen-bond donors (Lipinski definition) is 1. The molecule has 0 aliphatic carbocycles. The van der Waals surface area contributed by atoms with E-state index in [0.717, 1.165) is 29.7 Å². The molecule has 0 amide bonds. The van der Waals surface area contributed by atoms with Crippen molar-refractivity contribution < 1.29 is 9.84 Å². The van der Waals surface area contributed by atoms with E-state index in [-0.39, 0.29) is 0 Å². The largest absolute Gasteiger partial charge is 0.493 e. The van der Waals surface area contributed by atoms with Crippen LogP contribution < -0.4 is 4.74 Å². The fourth-order valence-electron chi connectivity index (χ4n) is 2.93. The van der Waals surface area contributed by atoms with E-state index >= 15 is 0 Å². The number of para-hydroxylation sites is 2. The fraction of sp³-hybridized carbons (Fsp3) is 0.350. The molecular formula is C20H24N2O2. The van der Waals surface area contributed by atoms with Gasteiger partial charge in [0, 0.05) is 6.54 Å². The van der Waals surface area contributed by atoms with Gasteiger partial charge in [-0.05, 0) is 56.5 Å². The van der Waals surface area contributed by atoms with Crippen molar-refractivity contribution in [3.8, 4) is 5.75 Å². The van der Waals surface area contributed by atoms with E-state index in [2.05, 4.69) is 29.5 Å². The van der Waals surface area contributed by atoms with Crippen LogP contribution in [0.2, 0.25) is 0 Å². The summed E-state index contributed by atoms with van der Waals surface area (Å²) in [5, 5.41) is 9.99. The third-order valence-electron chi connectivity index (χ3n) is 4.40. The molecule has 1 N–H and O–H groups in total. The first-order valence-corrected chi connectivity index (χ1v) is 8.40. The number of aliphatic hydroxyl groups is 1. The monoisotopic (exact) mass is 324 g/mol. The van der Waals surface area contributed by atoms with Gasteiger partial charge in [0.1, 0.15) is 17.7 Å². The maximum absolute atomic E-state index is 9.99. The molecule has 0 saturated carbocycles. The molecule has 1 aromatic heterocycles. The lowest BCUT2D eigenvalue weighted by Gasteiger charge is -2.13. The number of fused-ring (bicyclic) bond motifs is 1. The molecule has 0 aliphatic heterocycles. The van der Waals surface area contributed by atoms with Gasteiger partial charge in [-0.25, -0.2) is 4.98 Å². The molecule has 2 aromatic carbocycles. The summed E-state index contributed by atoms with van der Waals surface area (Å²) in [5.74, 6) is 1.66. The van der Waals surface area contributed by atoms with Crippen LogP contribution in [-0.4, -0.2) is 21.3 Å². The zero-order chi connectivity index (χ0) is 17.1. The SMILES string of the molecule is Cc1cccc(OCCCn2c(C(C)O)nc3ccccc32)c1C. The molecule has 126 valence electrons. The third kappa shape index (κ3) is 3.29. The van der Waals surface area contributed by atoms with Gasteiger partial charge in [-0.1, -0.05) is 24.3 Å². The van der Waals surface area contributed by atoms with Crippen molar-refractivity contribution in [3.05, 3.63) is 59.4 Å². The lowest BCUT2D eigenvalue weighted by atomic mass is 10.1. The average molecular weight is 324 g/mol. The molecule has 0 aliphatic rings. The normalized spacial score (nSPS) is 12.5. The maximum atomic E-state index is 9.99. The first-order chi connectivity index (χ1) is 11.6. The highest BCUT2D eigenvalue weighted by Gasteiger charge is 2.14. The van der Waals surface area contributed by atoms with Crippen LogP contribution in [0.15, 0.2) is 42.5 Å². The van der Waals surface area contributed by atoms with Crippen molar-refractivity contribution in [3.63, 3.8) is 0 Å². The second kappa shape index (κ2) is 7.05. The van der Waals surface area contributed by atoms with Crippen LogP contribution in [0.4, 0.5) is 0 Å². The lowest BCUT2D eigenvalue weighted by molar-refractivity contribution is 0.183. The van der Waals surface area contributed by atoms with Crippen molar-refractivity contribution in [1.29, 1.82) is 0 Å². The van der Waals surface area contributed by atoms with E-state index in [1.165, 1.54) is 11.1 Å². The fourth-order valence-corrected chi connectivity index (χ4v) is 2.93. The van der Waals surface area contributed by atoms with E-state index in [1.54, 1.807) is 6.92 Å². The Morgan fingerprint density at radius 3 is 2.71 bits per heavy atom. The number of imidazole rings is 1. The molecule has 0 radical (unpaired) electrons. The van der Waals surface area contributed by atoms with Crippen molar-refractivity contribution >= 4 is 11.0 Å². The van der Waals surface area contributed by atoms with Crippen LogP contribution >= 0.6 is 0 Å². The van der Waals surface area contributed by atoms with Gasteiger partial charge in [-0.15, -0.1) is 0 Å². The van der Waals surface area contributed by atoms with Crippen LogP contribution in [0, 0.1) is 13.8 Å². The molecule has 0 saturated heterocycles. The van der Waals surface area contributed by atoms with Crippen LogP contribution in [0.3, 0.4) is 0 Å². The zero-order valence-corrected chi connectivity index (χ0v) is 14.5. The Morgan fingerprint density at radius 1 is 1.12 bits per heavy atom. The Morgan fingerprint density at radius 2 is 1.92 bits per heavy atom. The second-order valence-corrected chi connectivity index (χ2v) is 6.19. The topological polar surface area (TPSA) is 47.3 Å². The minimum Gasteiger partial charge on any atom is -0.493 e. The summed E-state index contributed by atoms with van der Waals surface area (Å²) in [4.78, 5) is 4.55. The van der Waals surface area contributed by atoms with Crippen LogP contribution in [-0.2, 0) is 6.54 Å². The van der Waals surface area contributed by atoms with E-state index in [0.29, 0.717) is 12.4 Å². The molecular weight excluding hydrogens is 300 g/mol. The minimum atomic E-state index is -0.586. The molecule has 0 spiro atoms. The van der Waals surface area contributed by atoms with Gasteiger partial charge in [0.05, 0.1) is 17.6 Å². The number of rotatable bonds is 6. The number of hydrogen-bond acceptors (Lipinski definition) is 3. The van der Waals surface area contributed by atoms with Gasteiger partial charge in [0.25, 0.3) is 0 Å². The van der Waals surface area contributed by atoms with Crippen LogP contribution in [0.5, 0.6) is 5.75 Å². The molecule has 4 nitrogen and oxygen atoms in total.